The lowest BCUT2D eigenvalue weighted by atomic mass is 9.91. The molecule has 0 bridgehead atoms. The smallest absolute Gasteiger partial charge is 0.0229 e. The number of alkyl halides is 1. The molecule has 0 aliphatic heterocycles. The van der Waals surface area contributed by atoms with E-state index in [0.29, 0.717) is 4.32 Å². The maximum Gasteiger partial charge on any atom is 0.0229 e. The van der Waals surface area contributed by atoms with E-state index in [4.69, 9.17) is 0 Å². The molecule has 0 spiro atoms. The van der Waals surface area contributed by atoms with E-state index < -0.39 is 0 Å². The van der Waals surface area contributed by atoms with Crippen LogP contribution in [0.2, 0.25) is 0 Å². The van der Waals surface area contributed by atoms with Gasteiger partial charge in [0.15, 0.2) is 0 Å². The second kappa shape index (κ2) is 6.93. The van der Waals surface area contributed by atoms with Crippen LogP contribution in [-0.4, -0.2) is 4.32 Å². The van der Waals surface area contributed by atoms with Crippen molar-refractivity contribution in [2.45, 2.75) is 82.4 Å². The Labute approximate surface area is 104 Å². The van der Waals surface area contributed by atoms with Crippen molar-refractivity contribution in [2.75, 3.05) is 0 Å². The highest BCUT2D eigenvalue weighted by Gasteiger charge is 2.19. The van der Waals surface area contributed by atoms with Gasteiger partial charge in [-0.1, -0.05) is 74.2 Å². The summed E-state index contributed by atoms with van der Waals surface area (Å²) in [4.78, 5) is 0. The van der Waals surface area contributed by atoms with E-state index in [-0.39, 0.29) is 0 Å². The monoisotopic (exact) mass is 274 g/mol. The molecule has 15 heavy (non-hydrogen) atoms. The second-order valence-corrected chi connectivity index (χ2v) is 7.63. The van der Waals surface area contributed by atoms with E-state index in [1.54, 1.807) is 0 Å². The van der Waals surface area contributed by atoms with E-state index in [2.05, 4.69) is 29.8 Å². The molecule has 1 fully saturated rings. The predicted molar refractivity (Wildman–Crippen MR) is 72.7 cm³/mol. The van der Waals surface area contributed by atoms with Crippen molar-refractivity contribution in [1.29, 1.82) is 0 Å². The zero-order valence-corrected chi connectivity index (χ0v) is 12.1. The van der Waals surface area contributed by atoms with Crippen molar-refractivity contribution in [3.63, 3.8) is 0 Å². The van der Waals surface area contributed by atoms with Gasteiger partial charge in [-0.15, -0.1) is 0 Å². The first-order chi connectivity index (χ1) is 7.10. The first-order valence-corrected chi connectivity index (χ1v) is 7.58. The first-order valence-electron chi connectivity index (χ1n) is 6.79. The molecular formula is C14H27Br. The predicted octanol–water partition coefficient (Wildman–Crippen LogP) is 5.69. The fourth-order valence-corrected chi connectivity index (χ4v) is 3.16. The molecule has 0 nitrogen and oxygen atoms in total. The van der Waals surface area contributed by atoms with Crippen LogP contribution in [0.1, 0.15) is 78.1 Å². The molecule has 1 rings (SSSR count). The third-order valence-electron chi connectivity index (χ3n) is 3.79. The molecule has 1 aliphatic carbocycles. The lowest BCUT2D eigenvalue weighted by Crippen LogP contribution is -2.15. The fourth-order valence-electron chi connectivity index (χ4n) is 2.60. The summed E-state index contributed by atoms with van der Waals surface area (Å²) in [5, 5.41) is 0. The van der Waals surface area contributed by atoms with E-state index >= 15 is 0 Å². The molecule has 1 aliphatic rings. The summed E-state index contributed by atoms with van der Waals surface area (Å²) in [6.45, 7) is 4.81. The standard InChI is InChI=1S/C14H27Br/c1-13-9-5-3-7-11-14(2,15)12-8-4-6-10-13/h13H,3-12H2,1-2H3. The molecule has 0 unspecified atom stereocenters. The van der Waals surface area contributed by atoms with Gasteiger partial charge in [0.05, 0.1) is 0 Å². The SMILES string of the molecule is CC1CCCCCC(C)(Br)CCCCC1. The zero-order valence-electron chi connectivity index (χ0n) is 10.5. The molecule has 90 valence electrons. The van der Waals surface area contributed by atoms with Crippen molar-refractivity contribution in [3.8, 4) is 0 Å². The summed E-state index contributed by atoms with van der Waals surface area (Å²) in [6.07, 6.45) is 14.2. The van der Waals surface area contributed by atoms with Crippen LogP contribution in [0.4, 0.5) is 0 Å². The van der Waals surface area contributed by atoms with Crippen molar-refractivity contribution >= 4 is 15.9 Å². The van der Waals surface area contributed by atoms with Gasteiger partial charge in [0.1, 0.15) is 0 Å². The summed E-state index contributed by atoms with van der Waals surface area (Å²) in [6, 6.07) is 0. The van der Waals surface area contributed by atoms with Crippen LogP contribution in [0.25, 0.3) is 0 Å². The summed E-state index contributed by atoms with van der Waals surface area (Å²) in [5.74, 6) is 0.972. The molecule has 1 heteroatoms. The van der Waals surface area contributed by atoms with E-state index in [1.807, 2.05) is 0 Å². The normalized spacial score (nSPS) is 36.6. The molecule has 0 aromatic rings. The van der Waals surface area contributed by atoms with Crippen LogP contribution < -0.4 is 0 Å². The Hall–Kier alpha value is 0.480. The van der Waals surface area contributed by atoms with Crippen LogP contribution in [0.15, 0.2) is 0 Å². The number of rotatable bonds is 0. The third kappa shape index (κ3) is 6.60. The van der Waals surface area contributed by atoms with E-state index in [9.17, 15) is 0 Å². The lowest BCUT2D eigenvalue weighted by molar-refractivity contribution is 0.403. The average molecular weight is 275 g/mol. The minimum Gasteiger partial charge on any atom is -0.0856 e. The molecule has 0 aromatic carbocycles. The summed E-state index contributed by atoms with van der Waals surface area (Å²) in [5.41, 5.74) is 0. The van der Waals surface area contributed by atoms with Crippen molar-refractivity contribution < 1.29 is 0 Å². The molecule has 0 saturated heterocycles. The third-order valence-corrected chi connectivity index (χ3v) is 4.58. The zero-order chi connectivity index (χ0) is 11.1. The minimum atomic E-state index is 0.428. The quantitative estimate of drug-likeness (QED) is 0.498. The van der Waals surface area contributed by atoms with Crippen LogP contribution >= 0.6 is 15.9 Å². The highest BCUT2D eigenvalue weighted by molar-refractivity contribution is 9.10. The maximum atomic E-state index is 3.89. The Morgan fingerprint density at radius 3 is 1.80 bits per heavy atom. The lowest BCUT2D eigenvalue weighted by Gasteiger charge is -2.23. The van der Waals surface area contributed by atoms with Gasteiger partial charge in [-0.05, 0) is 25.7 Å². The number of halogens is 1. The number of hydrogen-bond donors (Lipinski definition) is 0. The Morgan fingerprint density at radius 2 is 1.33 bits per heavy atom. The minimum absolute atomic E-state index is 0.428. The highest BCUT2D eigenvalue weighted by atomic mass is 79.9. The van der Waals surface area contributed by atoms with Gasteiger partial charge in [-0.25, -0.2) is 0 Å². The van der Waals surface area contributed by atoms with Gasteiger partial charge in [0.25, 0.3) is 0 Å². The van der Waals surface area contributed by atoms with Gasteiger partial charge in [-0.2, -0.15) is 0 Å². The van der Waals surface area contributed by atoms with Gasteiger partial charge in [-0.3, -0.25) is 0 Å². The Kier molecular flexibility index (Phi) is 6.26. The second-order valence-electron chi connectivity index (χ2n) is 5.72. The van der Waals surface area contributed by atoms with Crippen molar-refractivity contribution in [1.82, 2.24) is 0 Å². The van der Waals surface area contributed by atoms with Crippen molar-refractivity contribution in [2.24, 2.45) is 5.92 Å². The molecule has 0 radical (unpaired) electrons. The fraction of sp³-hybridized carbons (Fsp3) is 1.00. The molecule has 0 atom stereocenters. The molecule has 0 heterocycles. The molecule has 0 amide bonds. The topological polar surface area (TPSA) is 0 Å². The van der Waals surface area contributed by atoms with E-state index in [0.717, 1.165) is 5.92 Å². The molecular weight excluding hydrogens is 248 g/mol. The first kappa shape index (κ1) is 13.5. The summed E-state index contributed by atoms with van der Waals surface area (Å²) >= 11 is 3.89. The maximum absolute atomic E-state index is 3.89. The van der Waals surface area contributed by atoms with Crippen LogP contribution in [0.5, 0.6) is 0 Å². The van der Waals surface area contributed by atoms with Crippen molar-refractivity contribution in [3.05, 3.63) is 0 Å². The Bertz CT molecular complexity index is 147. The summed E-state index contributed by atoms with van der Waals surface area (Å²) in [7, 11) is 0. The largest absolute Gasteiger partial charge is 0.0856 e. The highest BCUT2D eigenvalue weighted by Crippen LogP contribution is 2.32. The number of hydrogen-bond acceptors (Lipinski definition) is 0. The Morgan fingerprint density at radius 1 is 0.867 bits per heavy atom. The molecule has 0 N–H and O–H groups in total. The van der Waals surface area contributed by atoms with Gasteiger partial charge in [0, 0.05) is 4.32 Å². The van der Waals surface area contributed by atoms with Gasteiger partial charge in [0.2, 0.25) is 0 Å². The molecule has 0 aromatic heterocycles. The van der Waals surface area contributed by atoms with Gasteiger partial charge < -0.3 is 0 Å². The van der Waals surface area contributed by atoms with Gasteiger partial charge >= 0.3 is 0 Å². The van der Waals surface area contributed by atoms with Crippen LogP contribution in [0.3, 0.4) is 0 Å². The molecule has 1 saturated carbocycles. The summed E-state index contributed by atoms with van der Waals surface area (Å²) < 4.78 is 0.428. The van der Waals surface area contributed by atoms with Crippen LogP contribution in [0, 0.1) is 5.92 Å². The van der Waals surface area contributed by atoms with Crippen LogP contribution in [-0.2, 0) is 0 Å². The Balaban J connectivity index is 2.30. The average Bonchev–Trinajstić information content (AvgIpc) is 2.14. The van der Waals surface area contributed by atoms with E-state index in [1.165, 1.54) is 64.2 Å².